The van der Waals surface area contributed by atoms with E-state index in [9.17, 15) is 0 Å². The van der Waals surface area contributed by atoms with Gasteiger partial charge in [0.05, 0.1) is 5.71 Å². The number of hydrogen-bond acceptors (Lipinski definition) is 3. The quantitative estimate of drug-likeness (QED) is 0.488. The third kappa shape index (κ3) is 3.72. The maximum atomic E-state index is 4.17. The summed E-state index contributed by atoms with van der Waals surface area (Å²) in [5.41, 5.74) is 0.965. The Morgan fingerprint density at radius 1 is 1.33 bits per heavy atom. The fourth-order valence-electron chi connectivity index (χ4n) is 0.789. The molecule has 0 aromatic carbocycles. The average molecular weight is 184 g/mol. The van der Waals surface area contributed by atoms with Gasteiger partial charge < -0.3 is 0 Å². The molecule has 0 unspecified atom stereocenters. The molecule has 0 aliphatic carbocycles. The van der Waals surface area contributed by atoms with Crippen molar-refractivity contribution in [1.82, 2.24) is 0 Å². The van der Waals surface area contributed by atoms with Gasteiger partial charge in [0.25, 0.3) is 0 Å². The molecule has 68 valence electrons. The van der Waals surface area contributed by atoms with E-state index in [1.165, 1.54) is 0 Å². The summed E-state index contributed by atoms with van der Waals surface area (Å²) >= 11 is 1.72. The maximum Gasteiger partial charge on any atom is 0.115 e. The summed E-state index contributed by atoms with van der Waals surface area (Å²) in [6.45, 7) is 4.09. The van der Waals surface area contributed by atoms with Gasteiger partial charge >= 0.3 is 0 Å². The zero-order chi connectivity index (χ0) is 9.40. The lowest BCUT2D eigenvalue weighted by molar-refractivity contribution is 1.43. The third-order valence-corrected chi connectivity index (χ3v) is 2.22. The minimum Gasteiger partial charge on any atom is -0.286 e. The number of hydrogen-bond donors (Lipinski definition) is 0. The molecule has 0 aromatic rings. The molecule has 0 aliphatic heterocycles. The summed E-state index contributed by atoms with van der Waals surface area (Å²) in [5, 5.41) is 1.01. The van der Waals surface area contributed by atoms with Crippen molar-refractivity contribution in [2.75, 3.05) is 19.8 Å². The first kappa shape index (κ1) is 11.4. The van der Waals surface area contributed by atoms with Crippen LogP contribution in [0.4, 0.5) is 0 Å². The molecule has 0 aliphatic rings. The Kier molecular flexibility index (Phi) is 6.76. The van der Waals surface area contributed by atoms with Gasteiger partial charge in [0.1, 0.15) is 5.04 Å². The molecule has 0 spiro atoms. The van der Waals surface area contributed by atoms with E-state index in [-0.39, 0.29) is 0 Å². The van der Waals surface area contributed by atoms with Crippen LogP contribution in [0.3, 0.4) is 0 Å². The van der Waals surface area contributed by atoms with E-state index in [1.54, 1.807) is 25.9 Å². The average Bonchev–Trinajstić information content (AvgIpc) is 2.11. The molecule has 0 radical (unpaired) electrons. The van der Waals surface area contributed by atoms with Crippen molar-refractivity contribution in [2.24, 2.45) is 9.98 Å². The second-order valence-electron chi connectivity index (χ2n) is 2.07. The molecule has 0 atom stereocenters. The van der Waals surface area contributed by atoms with Crippen LogP contribution in [0.5, 0.6) is 0 Å². The molecule has 0 saturated heterocycles. The minimum absolute atomic E-state index is 0.965. The SMILES string of the molecule is C/C=C\C(=NC)C(=NC)SCC. The van der Waals surface area contributed by atoms with Gasteiger partial charge in [-0.1, -0.05) is 13.0 Å². The van der Waals surface area contributed by atoms with Gasteiger partial charge in [-0.3, -0.25) is 9.98 Å². The molecule has 0 aromatic heterocycles. The molecular formula is C9H16N2S. The van der Waals surface area contributed by atoms with Gasteiger partial charge in [0.15, 0.2) is 0 Å². The maximum absolute atomic E-state index is 4.17. The van der Waals surface area contributed by atoms with Gasteiger partial charge in [-0.05, 0) is 18.8 Å². The monoisotopic (exact) mass is 184 g/mol. The van der Waals surface area contributed by atoms with E-state index >= 15 is 0 Å². The lowest BCUT2D eigenvalue weighted by atomic mass is 10.3. The van der Waals surface area contributed by atoms with Crippen molar-refractivity contribution < 1.29 is 0 Å². The van der Waals surface area contributed by atoms with E-state index in [4.69, 9.17) is 0 Å². The molecule has 0 heterocycles. The highest BCUT2D eigenvalue weighted by atomic mass is 32.2. The third-order valence-electron chi connectivity index (χ3n) is 1.27. The zero-order valence-corrected chi connectivity index (χ0v) is 8.98. The van der Waals surface area contributed by atoms with Crippen LogP contribution in [0.15, 0.2) is 22.1 Å². The van der Waals surface area contributed by atoms with Crippen LogP contribution in [0.2, 0.25) is 0 Å². The lowest BCUT2D eigenvalue weighted by Gasteiger charge is -2.01. The lowest BCUT2D eigenvalue weighted by Crippen LogP contribution is -2.07. The van der Waals surface area contributed by atoms with Crippen molar-refractivity contribution in [2.45, 2.75) is 13.8 Å². The van der Waals surface area contributed by atoms with Crippen molar-refractivity contribution in [1.29, 1.82) is 0 Å². The first-order valence-electron chi connectivity index (χ1n) is 3.99. The van der Waals surface area contributed by atoms with Crippen LogP contribution >= 0.6 is 11.8 Å². The molecule has 2 nitrogen and oxygen atoms in total. The van der Waals surface area contributed by atoms with Crippen molar-refractivity contribution in [3.63, 3.8) is 0 Å². The van der Waals surface area contributed by atoms with Gasteiger partial charge in [0, 0.05) is 14.1 Å². The van der Waals surface area contributed by atoms with Gasteiger partial charge in [-0.15, -0.1) is 11.8 Å². The number of thioether (sulfide) groups is 1. The summed E-state index contributed by atoms with van der Waals surface area (Å²) in [6.07, 6.45) is 3.95. The van der Waals surface area contributed by atoms with E-state index < -0.39 is 0 Å². The molecule has 0 amide bonds. The van der Waals surface area contributed by atoms with Crippen LogP contribution in [0.1, 0.15) is 13.8 Å². The van der Waals surface area contributed by atoms with E-state index in [0.717, 1.165) is 16.5 Å². The Morgan fingerprint density at radius 3 is 2.33 bits per heavy atom. The Labute approximate surface area is 78.9 Å². The number of allylic oxidation sites excluding steroid dienone is 2. The molecule has 0 N–H and O–H groups in total. The van der Waals surface area contributed by atoms with E-state index in [0.29, 0.717) is 0 Å². The fraction of sp³-hybridized carbons (Fsp3) is 0.556. The standard InChI is InChI=1S/C9H16N2S/c1-5-7-8(10-3)9(11-4)12-6-2/h5,7H,6H2,1-4H3/b7-5-,10-8?,11-9?. The van der Waals surface area contributed by atoms with Crippen molar-refractivity contribution in [3.05, 3.63) is 12.2 Å². The normalized spacial score (nSPS) is 14.3. The summed E-state index contributed by atoms with van der Waals surface area (Å²) in [4.78, 5) is 8.31. The zero-order valence-electron chi connectivity index (χ0n) is 8.16. The summed E-state index contributed by atoms with van der Waals surface area (Å²) in [7, 11) is 3.59. The number of aliphatic imine (C=N–C) groups is 2. The van der Waals surface area contributed by atoms with Gasteiger partial charge in [-0.2, -0.15) is 0 Å². The highest BCUT2D eigenvalue weighted by molar-refractivity contribution is 8.15. The van der Waals surface area contributed by atoms with Crippen molar-refractivity contribution >= 4 is 22.5 Å². The first-order chi connectivity index (χ1) is 5.79. The largest absolute Gasteiger partial charge is 0.286 e. The Balaban J connectivity index is 4.48. The molecule has 12 heavy (non-hydrogen) atoms. The Bertz CT molecular complexity index is 205. The topological polar surface area (TPSA) is 24.7 Å². The Hall–Kier alpha value is -0.570. The molecule has 0 rings (SSSR count). The van der Waals surface area contributed by atoms with E-state index in [1.807, 2.05) is 19.1 Å². The van der Waals surface area contributed by atoms with Crippen LogP contribution < -0.4 is 0 Å². The molecule has 0 saturated carbocycles. The first-order valence-corrected chi connectivity index (χ1v) is 4.98. The van der Waals surface area contributed by atoms with Gasteiger partial charge in [-0.25, -0.2) is 0 Å². The summed E-state index contributed by atoms with van der Waals surface area (Å²) in [6, 6.07) is 0. The van der Waals surface area contributed by atoms with Crippen LogP contribution in [0, 0.1) is 0 Å². The minimum atomic E-state index is 0.965. The molecule has 3 heteroatoms. The second kappa shape index (κ2) is 7.10. The van der Waals surface area contributed by atoms with Crippen LogP contribution in [0.25, 0.3) is 0 Å². The fourth-order valence-corrected chi connectivity index (χ4v) is 1.50. The second-order valence-corrected chi connectivity index (χ2v) is 3.32. The molecular weight excluding hydrogens is 168 g/mol. The highest BCUT2D eigenvalue weighted by Crippen LogP contribution is 2.05. The van der Waals surface area contributed by atoms with E-state index in [2.05, 4.69) is 16.9 Å². The van der Waals surface area contributed by atoms with Crippen LogP contribution in [-0.2, 0) is 0 Å². The number of nitrogens with zero attached hydrogens (tertiary/aromatic N) is 2. The molecule has 0 fully saturated rings. The highest BCUT2D eigenvalue weighted by Gasteiger charge is 2.02. The summed E-state index contributed by atoms with van der Waals surface area (Å²) < 4.78 is 0. The molecule has 0 bridgehead atoms. The summed E-state index contributed by atoms with van der Waals surface area (Å²) in [5.74, 6) is 1.03. The predicted molar refractivity (Wildman–Crippen MR) is 59.7 cm³/mol. The Morgan fingerprint density at radius 2 is 2.00 bits per heavy atom. The number of rotatable bonds is 3. The van der Waals surface area contributed by atoms with Crippen molar-refractivity contribution in [3.8, 4) is 0 Å². The van der Waals surface area contributed by atoms with Gasteiger partial charge in [0.2, 0.25) is 0 Å². The smallest absolute Gasteiger partial charge is 0.115 e. The predicted octanol–water partition coefficient (Wildman–Crippen LogP) is 2.41. The van der Waals surface area contributed by atoms with Crippen LogP contribution in [-0.4, -0.2) is 30.6 Å².